The van der Waals surface area contributed by atoms with Gasteiger partial charge in [0.2, 0.25) is 11.8 Å². The molecule has 0 fully saturated rings. The Morgan fingerprint density at radius 2 is 1.62 bits per heavy atom. The molecule has 0 aliphatic heterocycles. The van der Waals surface area contributed by atoms with E-state index in [1.165, 1.54) is 20.3 Å². The summed E-state index contributed by atoms with van der Waals surface area (Å²) in [5, 5.41) is 2.82. The first kappa shape index (κ1) is 17.0. The smallest absolute Gasteiger partial charge is 0.323 e. The number of hydrogen-bond acceptors (Lipinski definition) is 6. The summed E-state index contributed by atoms with van der Waals surface area (Å²) in [4.78, 5) is 20.3. The number of aromatic nitrogens is 2. The lowest BCUT2D eigenvalue weighted by Gasteiger charge is -2.22. The monoisotopic (exact) mass is 297 g/mol. The van der Waals surface area contributed by atoms with E-state index in [1.54, 1.807) is 0 Å². The SMILES string of the molecule is COc1cc(OC)nc(OC(C(=O)NC(C)C)C(C)C)n1. The van der Waals surface area contributed by atoms with E-state index in [0.717, 1.165) is 0 Å². The molecule has 0 aliphatic carbocycles. The second-order valence-electron chi connectivity index (χ2n) is 5.18. The summed E-state index contributed by atoms with van der Waals surface area (Å²) in [7, 11) is 2.97. The van der Waals surface area contributed by atoms with E-state index in [1.807, 2.05) is 27.7 Å². The molecule has 21 heavy (non-hydrogen) atoms. The second-order valence-corrected chi connectivity index (χ2v) is 5.18. The molecule has 1 atom stereocenters. The van der Waals surface area contributed by atoms with Crippen LogP contribution in [0.5, 0.6) is 17.8 Å². The molecule has 1 aromatic heterocycles. The number of nitrogens with one attached hydrogen (secondary N) is 1. The van der Waals surface area contributed by atoms with Crippen LogP contribution >= 0.6 is 0 Å². The number of carbonyl (C=O) groups is 1. The molecule has 0 radical (unpaired) electrons. The maximum absolute atomic E-state index is 12.2. The van der Waals surface area contributed by atoms with Gasteiger partial charge in [0.05, 0.1) is 20.3 Å². The number of nitrogens with zero attached hydrogens (tertiary/aromatic N) is 2. The highest BCUT2D eigenvalue weighted by atomic mass is 16.5. The third-order valence-corrected chi connectivity index (χ3v) is 2.60. The van der Waals surface area contributed by atoms with Crippen LogP contribution in [0.2, 0.25) is 0 Å². The molecule has 7 heteroatoms. The highest BCUT2D eigenvalue weighted by Crippen LogP contribution is 2.20. The van der Waals surface area contributed by atoms with E-state index in [9.17, 15) is 4.79 Å². The van der Waals surface area contributed by atoms with Crippen molar-refractivity contribution in [2.75, 3.05) is 14.2 Å². The lowest BCUT2D eigenvalue weighted by atomic mass is 10.1. The molecule has 0 bridgehead atoms. The van der Waals surface area contributed by atoms with E-state index in [4.69, 9.17) is 14.2 Å². The summed E-state index contributed by atoms with van der Waals surface area (Å²) >= 11 is 0. The standard InChI is InChI=1S/C14H23N3O4/c1-8(2)12(13(18)15-9(3)4)21-14-16-10(19-5)7-11(17-14)20-6/h7-9,12H,1-6H3,(H,15,18). The van der Waals surface area contributed by atoms with Gasteiger partial charge in [-0.2, -0.15) is 9.97 Å². The molecular formula is C14H23N3O4. The van der Waals surface area contributed by atoms with Crippen molar-refractivity contribution in [1.29, 1.82) is 0 Å². The van der Waals surface area contributed by atoms with Gasteiger partial charge in [-0.05, 0) is 19.8 Å². The molecule has 0 spiro atoms. The molecule has 0 saturated heterocycles. The van der Waals surface area contributed by atoms with Crippen molar-refractivity contribution in [3.63, 3.8) is 0 Å². The molecule has 7 nitrogen and oxygen atoms in total. The largest absolute Gasteiger partial charge is 0.481 e. The van der Waals surface area contributed by atoms with Gasteiger partial charge in [-0.1, -0.05) is 13.8 Å². The van der Waals surface area contributed by atoms with E-state index < -0.39 is 6.10 Å². The van der Waals surface area contributed by atoms with Gasteiger partial charge in [0.1, 0.15) is 0 Å². The molecule has 0 saturated carbocycles. The maximum Gasteiger partial charge on any atom is 0.323 e. The molecule has 1 rings (SSSR count). The molecule has 0 aliphatic rings. The summed E-state index contributed by atoms with van der Waals surface area (Å²) in [5.41, 5.74) is 0. The van der Waals surface area contributed by atoms with Crippen LogP contribution in [0.4, 0.5) is 0 Å². The predicted octanol–water partition coefficient (Wildman–Crippen LogP) is 1.42. The average molecular weight is 297 g/mol. The average Bonchev–Trinajstić information content (AvgIpc) is 2.43. The Bertz CT molecular complexity index is 455. The molecule has 1 unspecified atom stereocenters. The Morgan fingerprint density at radius 1 is 1.10 bits per heavy atom. The third-order valence-electron chi connectivity index (χ3n) is 2.60. The van der Waals surface area contributed by atoms with Crippen LogP contribution in [0.25, 0.3) is 0 Å². The number of hydrogen-bond donors (Lipinski definition) is 1. The first-order valence-electron chi connectivity index (χ1n) is 6.81. The molecule has 1 aromatic rings. The topological polar surface area (TPSA) is 82.6 Å². The van der Waals surface area contributed by atoms with E-state index >= 15 is 0 Å². The normalized spacial score (nSPS) is 12.2. The minimum atomic E-state index is -0.691. The molecule has 1 N–H and O–H groups in total. The zero-order valence-corrected chi connectivity index (χ0v) is 13.3. The molecule has 0 aromatic carbocycles. The van der Waals surface area contributed by atoms with Crippen LogP contribution in [0.15, 0.2) is 6.07 Å². The van der Waals surface area contributed by atoms with Crippen LogP contribution in [0, 0.1) is 5.92 Å². The molecular weight excluding hydrogens is 274 g/mol. The van der Waals surface area contributed by atoms with Gasteiger partial charge < -0.3 is 19.5 Å². The molecule has 1 amide bonds. The number of ether oxygens (including phenoxy) is 3. The fourth-order valence-electron chi connectivity index (χ4n) is 1.62. The second kappa shape index (κ2) is 7.66. The first-order valence-corrected chi connectivity index (χ1v) is 6.81. The maximum atomic E-state index is 12.2. The van der Waals surface area contributed by atoms with Crippen molar-refractivity contribution in [1.82, 2.24) is 15.3 Å². The minimum Gasteiger partial charge on any atom is -0.481 e. The van der Waals surface area contributed by atoms with Crippen molar-refractivity contribution < 1.29 is 19.0 Å². The lowest BCUT2D eigenvalue weighted by Crippen LogP contribution is -2.44. The Balaban J connectivity index is 2.95. The summed E-state index contributed by atoms with van der Waals surface area (Å²) in [6, 6.07) is 1.61. The fourth-order valence-corrected chi connectivity index (χ4v) is 1.62. The van der Waals surface area contributed by atoms with Crippen molar-refractivity contribution in [2.24, 2.45) is 5.92 Å². The van der Waals surface area contributed by atoms with Crippen LogP contribution in [-0.2, 0) is 4.79 Å². The number of methoxy groups -OCH3 is 2. The Labute approximate surface area is 125 Å². The van der Waals surface area contributed by atoms with Crippen LogP contribution < -0.4 is 19.5 Å². The van der Waals surface area contributed by atoms with Gasteiger partial charge >= 0.3 is 6.01 Å². The quantitative estimate of drug-likeness (QED) is 0.819. The fraction of sp³-hybridized carbons (Fsp3) is 0.643. The van der Waals surface area contributed by atoms with Crippen LogP contribution in [-0.4, -0.2) is 42.2 Å². The van der Waals surface area contributed by atoms with Crippen molar-refractivity contribution in [2.45, 2.75) is 39.8 Å². The lowest BCUT2D eigenvalue weighted by molar-refractivity contribution is -0.130. The van der Waals surface area contributed by atoms with Gasteiger partial charge in [-0.3, -0.25) is 4.79 Å². The molecule has 118 valence electrons. The summed E-state index contributed by atoms with van der Waals surface area (Å²) in [6.45, 7) is 7.56. The van der Waals surface area contributed by atoms with Gasteiger partial charge in [-0.25, -0.2) is 0 Å². The Morgan fingerprint density at radius 3 is 2.00 bits per heavy atom. The number of carbonyl (C=O) groups excluding carboxylic acids is 1. The van der Waals surface area contributed by atoms with Crippen molar-refractivity contribution >= 4 is 5.91 Å². The number of amides is 1. The Kier molecular flexibility index (Phi) is 6.20. The summed E-state index contributed by atoms with van der Waals surface area (Å²) in [5.74, 6) is 0.377. The summed E-state index contributed by atoms with van der Waals surface area (Å²) < 4.78 is 15.7. The minimum absolute atomic E-state index is 0.0307. The van der Waals surface area contributed by atoms with Crippen molar-refractivity contribution in [3.8, 4) is 17.8 Å². The Hall–Kier alpha value is -2.05. The van der Waals surface area contributed by atoms with Crippen LogP contribution in [0.1, 0.15) is 27.7 Å². The highest BCUT2D eigenvalue weighted by molar-refractivity contribution is 5.81. The first-order chi connectivity index (χ1) is 9.87. The van der Waals surface area contributed by atoms with Gasteiger partial charge in [0.15, 0.2) is 6.10 Å². The zero-order chi connectivity index (χ0) is 16.0. The summed E-state index contributed by atoms with van der Waals surface area (Å²) in [6.07, 6.45) is -0.691. The molecule has 1 heterocycles. The van der Waals surface area contributed by atoms with Gasteiger partial charge in [0, 0.05) is 6.04 Å². The van der Waals surface area contributed by atoms with Gasteiger partial charge in [0.25, 0.3) is 5.91 Å². The third kappa shape index (κ3) is 5.09. The van der Waals surface area contributed by atoms with E-state index in [0.29, 0.717) is 11.8 Å². The van der Waals surface area contributed by atoms with Crippen LogP contribution in [0.3, 0.4) is 0 Å². The van der Waals surface area contributed by atoms with E-state index in [-0.39, 0.29) is 23.9 Å². The van der Waals surface area contributed by atoms with Gasteiger partial charge in [-0.15, -0.1) is 0 Å². The van der Waals surface area contributed by atoms with E-state index in [2.05, 4.69) is 15.3 Å². The number of rotatable bonds is 7. The zero-order valence-electron chi connectivity index (χ0n) is 13.3. The predicted molar refractivity (Wildman–Crippen MR) is 77.7 cm³/mol. The highest BCUT2D eigenvalue weighted by Gasteiger charge is 2.26. The van der Waals surface area contributed by atoms with Crippen molar-refractivity contribution in [3.05, 3.63) is 6.07 Å².